The summed E-state index contributed by atoms with van der Waals surface area (Å²) in [5.41, 5.74) is -0.325. The van der Waals surface area contributed by atoms with Crippen LogP contribution in [0, 0.1) is 5.92 Å². The minimum absolute atomic E-state index is 0.0254. The highest BCUT2D eigenvalue weighted by Crippen LogP contribution is 2.11. The van der Waals surface area contributed by atoms with E-state index in [1.807, 2.05) is 20.8 Å². The van der Waals surface area contributed by atoms with Crippen molar-refractivity contribution in [2.75, 3.05) is 6.54 Å². The van der Waals surface area contributed by atoms with Gasteiger partial charge in [-0.25, -0.2) is 0 Å². The average Bonchev–Trinajstić information content (AvgIpc) is 2.27. The summed E-state index contributed by atoms with van der Waals surface area (Å²) in [6.45, 7) is 7.65. The van der Waals surface area contributed by atoms with E-state index in [1.54, 1.807) is 6.92 Å². The summed E-state index contributed by atoms with van der Waals surface area (Å²) in [5.74, 6) is -0.664. The third kappa shape index (κ3) is 5.28. The van der Waals surface area contributed by atoms with Crippen LogP contribution >= 0.6 is 0 Å². The molecular weight excluding hydrogens is 246 g/mol. The molecule has 1 rings (SSSR count). The summed E-state index contributed by atoms with van der Waals surface area (Å²) in [6.07, 6.45) is 0.895. The molecule has 108 valence electrons. The molecule has 1 aliphatic rings. The SMILES string of the molecule is CC(NC(=O)C1CCC(=O)NC1)C(=O)NC(C)(C)C. The van der Waals surface area contributed by atoms with Crippen LogP contribution in [-0.4, -0.2) is 35.8 Å². The molecule has 6 heteroatoms. The Balaban J connectivity index is 2.43. The van der Waals surface area contributed by atoms with Gasteiger partial charge in [-0.2, -0.15) is 0 Å². The van der Waals surface area contributed by atoms with E-state index < -0.39 is 6.04 Å². The Kier molecular flexibility index (Phi) is 4.91. The van der Waals surface area contributed by atoms with E-state index in [0.717, 1.165) is 0 Å². The quantitative estimate of drug-likeness (QED) is 0.670. The van der Waals surface area contributed by atoms with Crippen molar-refractivity contribution in [3.63, 3.8) is 0 Å². The highest BCUT2D eigenvalue weighted by molar-refractivity contribution is 5.89. The highest BCUT2D eigenvalue weighted by Gasteiger charge is 2.27. The molecule has 2 atom stereocenters. The van der Waals surface area contributed by atoms with Crippen LogP contribution in [-0.2, 0) is 14.4 Å². The topological polar surface area (TPSA) is 87.3 Å². The standard InChI is InChI=1S/C13H23N3O3/c1-8(11(18)16-13(2,3)4)15-12(19)9-5-6-10(17)14-7-9/h8-9H,5-7H2,1-4H3,(H,14,17)(H,15,19)(H,16,18). The van der Waals surface area contributed by atoms with Crippen LogP contribution in [0.1, 0.15) is 40.5 Å². The molecule has 1 aliphatic heterocycles. The molecule has 0 aromatic carbocycles. The van der Waals surface area contributed by atoms with Crippen LogP contribution in [0.4, 0.5) is 0 Å². The van der Waals surface area contributed by atoms with Gasteiger partial charge in [0.1, 0.15) is 6.04 Å². The van der Waals surface area contributed by atoms with Gasteiger partial charge in [0.15, 0.2) is 0 Å². The number of carbonyl (C=O) groups is 3. The molecule has 0 bridgehead atoms. The first-order chi connectivity index (χ1) is 8.69. The first kappa shape index (κ1) is 15.5. The zero-order chi connectivity index (χ0) is 14.6. The zero-order valence-electron chi connectivity index (χ0n) is 12.0. The number of hydrogen-bond donors (Lipinski definition) is 3. The second-order valence-corrected chi connectivity index (χ2v) is 6.01. The van der Waals surface area contributed by atoms with Crippen molar-refractivity contribution in [3.05, 3.63) is 0 Å². The minimum atomic E-state index is -0.579. The Labute approximate surface area is 113 Å². The van der Waals surface area contributed by atoms with Crippen molar-refractivity contribution in [1.82, 2.24) is 16.0 Å². The molecule has 3 amide bonds. The van der Waals surface area contributed by atoms with Crippen molar-refractivity contribution < 1.29 is 14.4 Å². The Hall–Kier alpha value is -1.59. The predicted molar refractivity (Wildman–Crippen MR) is 71.2 cm³/mol. The predicted octanol–water partition coefficient (Wildman–Crippen LogP) is -0.0680. The zero-order valence-corrected chi connectivity index (χ0v) is 12.0. The van der Waals surface area contributed by atoms with Crippen molar-refractivity contribution in [2.45, 2.75) is 52.1 Å². The van der Waals surface area contributed by atoms with Crippen LogP contribution in [0.2, 0.25) is 0 Å². The Morgan fingerprint density at radius 3 is 2.47 bits per heavy atom. The molecule has 6 nitrogen and oxygen atoms in total. The van der Waals surface area contributed by atoms with Gasteiger partial charge in [-0.3, -0.25) is 14.4 Å². The molecule has 0 aromatic heterocycles. The lowest BCUT2D eigenvalue weighted by molar-refractivity contribution is -0.133. The number of piperidine rings is 1. The molecule has 0 aromatic rings. The van der Waals surface area contributed by atoms with Crippen LogP contribution in [0.15, 0.2) is 0 Å². The van der Waals surface area contributed by atoms with Gasteiger partial charge in [-0.05, 0) is 34.1 Å². The molecule has 1 heterocycles. The number of rotatable bonds is 3. The van der Waals surface area contributed by atoms with E-state index in [2.05, 4.69) is 16.0 Å². The van der Waals surface area contributed by atoms with Crippen LogP contribution in [0.3, 0.4) is 0 Å². The number of hydrogen-bond acceptors (Lipinski definition) is 3. The summed E-state index contributed by atoms with van der Waals surface area (Å²) in [5, 5.41) is 8.15. The molecule has 2 unspecified atom stereocenters. The lowest BCUT2D eigenvalue weighted by Crippen LogP contribution is -2.53. The molecular formula is C13H23N3O3. The largest absolute Gasteiger partial charge is 0.355 e. The first-order valence-electron chi connectivity index (χ1n) is 6.58. The van der Waals surface area contributed by atoms with Crippen molar-refractivity contribution in [3.8, 4) is 0 Å². The van der Waals surface area contributed by atoms with E-state index in [4.69, 9.17) is 0 Å². The van der Waals surface area contributed by atoms with Gasteiger partial charge in [0, 0.05) is 18.5 Å². The summed E-state index contributed by atoms with van der Waals surface area (Å²) in [6, 6.07) is -0.579. The third-order valence-electron chi connectivity index (χ3n) is 2.89. The van der Waals surface area contributed by atoms with Crippen molar-refractivity contribution >= 4 is 17.7 Å². The average molecular weight is 269 g/mol. The maximum Gasteiger partial charge on any atom is 0.242 e. The Morgan fingerprint density at radius 1 is 1.37 bits per heavy atom. The monoisotopic (exact) mass is 269 g/mol. The molecule has 3 N–H and O–H groups in total. The smallest absolute Gasteiger partial charge is 0.242 e. The van der Waals surface area contributed by atoms with Crippen LogP contribution in [0.25, 0.3) is 0 Å². The third-order valence-corrected chi connectivity index (χ3v) is 2.89. The molecule has 0 spiro atoms. The molecule has 0 radical (unpaired) electrons. The van der Waals surface area contributed by atoms with Gasteiger partial charge in [-0.15, -0.1) is 0 Å². The molecule has 19 heavy (non-hydrogen) atoms. The fourth-order valence-corrected chi connectivity index (χ4v) is 1.83. The summed E-state index contributed by atoms with van der Waals surface area (Å²) >= 11 is 0. The van der Waals surface area contributed by atoms with Crippen molar-refractivity contribution in [1.29, 1.82) is 0 Å². The first-order valence-corrected chi connectivity index (χ1v) is 6.58. The fourth-order valence-electron chi connectivity index (χ4n) is 1.83. The van der Waals surface area contributed by atoms with E-state index >= 15 is 0 Å². The number of nitrogens with one attached hydrogen (secondary N) is 3. The minimum Gasteiger partial charge on any atom is -0.355 e. The fraction of sp³-hybridized carbons (Fsp3) is 0.769. The molecule has 0 saturated carbocycles. The molecule has 0 aliphatic carbocycles. The van der Waals surface area contributed by atoms with Crippen LogP contribution in [0.5, 0.6) is 0 Å². The lowest BCUT2D eigenvalue weighted by Gasteiger charge is -2.26. The highest BCUT2D eigenvalue weighted by atomic mass is 16.2. The van der Waals surface area contributed by atoms with Gasteiger partial charge >= 0.3 is 0 Å². The van der Waals surface area contributed by atoms with Crippen molar-refractivity contribution in [2.24, 2.45) is 5.92 Å². The molecule has 1 fully saturated rings. The van der Waals surface area contributed by atoms with Crippen LogP contribution < -0.4 is 16.0 Å². The Bertz CT molecular complexity index is 364. The van der Waals surface area contributed by atoms with Gasteiger partial charge < -0.3 is 16.0 Å². The molecule has 1 saturated heterocycles. The number of carbonyl (C=O) groups excluding carboxylic acids is 3. The second-order valence-electron chi connectivity index (χ2n) is 6.01. The Morgan fingerprint density at radius 2 is 2.00 bits per heavy atom. The summed E-state index contributed by atoms with van der Waals surface area (Å²) in [4.78, 5) is 34.8. The van der Waals surface area contributed by atoms with Gasteiger partial charge in [0.05, 0.1) is 5.92 Å². The van der Waals surface area contributed by atoms with E-state index in [-0.39, 0.29) is 29.2 Å². The van der Waals surface area contributed by atoms with Gasteiger partial charge in [0.2, 0.25) is 17.7 Å². The van der Waals surface area contributed by atoms with E-state index in [0.29, 0.717) is 19.4 Å². The number of amides is 3. The maximum atomic E-state index is 11.9. The van der Waals surface area contributed by atoms with Gasteiger partial charge in [0.25, 0.3) is 0 Å². The summed E-state index contributed by atoms with van der Waals surface area (Å²) in [7, 11) is 0. The van der Waals surface area contributed by atoms with E-state index in [1.165, 1.54) is 0 Å². The summed E-state index contributed by atoms with van der Waals surface area (Å²) < 4.78 is 0. The maximum absolute atomic E-state index is 11.9. The lowest BCUT2D eigenvalue weighted by atomic mass is 9.98. The van der Waals surface area contributed by atoms with E-state index in [9.17, 15) is 14.4 Å². The normalized spacial score (nSPS) is 21.3. The second kappa shape index (κ2) is 6.04. The van der Waals surface area contributed by atoms with Gasteiger partial charge in [-0.1, -0.05) is 0 Å².